The Kier molecular flexibility index (Phi) is 6.17. The Morgan fingerprint density at radius 1 is 1.18 bits per heavy atom. The normalized spacial score (nSPS) is 14.0. The molecule has 0 amide bonds. The van der Waals surface area contributed by atoms with Crippen LogP contribution in [0.15, 0.2) is 48.2 Å². The average molecular weight is 330 g/mol. The van der Waals surface area contributed by atoms with Crippen molar-refractivity contribution < 1.29 is 17.6 Å². The van der Waals surface area contributed by atoms with Gasteiger partial charge in [0.1, 0.15) is 0 Å². The molecule has 0 bridgehead atoms. The lowest BCUT2D eigenvalue weighted by molar-refractivity contribution is -0.131. The standard InChI is InChI=1S/C17H22F4Si/c1-5-15(22(2,3)4)14(13-9-7-6-8-10-13)11-12-17(20,21)16(18)19/h5-10,16H,1,11-12H2,2-4H3/b15-14-. The lowest BCUT2D eigenvalue weighted by atomic mass is 9.98. The third kappa shape index (κ3) is 4.83. The van der Waals surface area contributed by atoms with E-state index in [0.717, 1.165) is 10.8 Å². The van der Waals surface area contributed by atoms with Crippen LogP contribution in [0.5, 0.6) is 0 Å². The van der Waals surface area contributed by atoms with Gasteiger partial charge in [-0.15, -0.1) is 0 Å². The second kappa shape index (κ2) is 7.27. The maximum absolute atomic E-state index is 13.3. The van der Waals surface area contributed by atoms with Crippen LogP contribution in [-0.4, -0.2) is 20.4 Å². The van der Waals surface area contributed by atoms with E-state index in [0.29, 0.717) is 5.57 Å². The van der Waals surface area contributed by atoms with Gasteiger partial charge in [0.05, 0.1) is 8.07 Å². The fourth-order valence-electron chi connectivity index (χ4n) is 2.36. The van der Waals surface area contributed by atoms with Gasteiger partial charge in [-0.05, 0) is 17.6 Å². The van der Waals surface area contributed by atoms with Gasteiger partial charge in [0.2, 0.25) is 0 Å². The molecule has 1 aromatic carbocycles. The second-order valence-corrected chi connectivity index (χ2v) is 11.3. The molecular weight excluding hydrogens is 308 g/mol. The summed E-state index contributed by atoms with van der Waals surface area (Å²) in [6.07, 6.45) is -2.90. The third-order valence-corrected chi connectivity index (χ3v) is 5.61. The molecule has 1 aromatic rings. The van der Waals surface area contributed by atoms with E-state index in [1.165, 1.54) is 0 Å². The second-order valence-electron chi connectivity index (χ2n) is 6.27. The van der Waals surface area contributed by atoms with Gasteiger partial charge >= 0.3 is 12.3 Å². The van der Waals surface area contributed by atoms with Crippen LogP contribution in [0.4, 0.5) is 17.6 Å². The number of benzene rings is 1. The van der Waals surface area contributed by atoms with Crippen molar-refractivity contribution >= 4 is 13.6 Å². The Hall–Kier alpha value is -1.36. The number of hydrogen-bond acceptors (Lipinski definition) is 0. The van der Waals surface area contributed by atoms with E-state index < -0.39 is 26.8 Å². The molecule has 1 rings (SSSR count). The summed E-state index contributed by atoms with van der Waals surface area (Å²) in [7, 11) is -1.83. The Morgan fingerprint density at radius 3 is 2.14 bits per heavy atom. The number of halogens is 4. The summed E-state index contributed by atoms with van der Waals surface area (Å²) >= 11 is 0. The van der Waals surface area contributed by atoms with Crippen molar-refractivity contribution in [2.45, 2.75) is 44.8 Å². The Balaban J connectivity index is 3.25. The van der Waals surface area contributed by atoms with E-state index >= 15 is 0 Å². The molecule has 0 heterocycles. The smallest absolute Gasteiger partial charge is 0.204 e. The largest absolute Gasteiger partial charge is 0.307 e. The Bertz CT molecular complexity index is 527. The predicted molar refractivity (Wildman–Crippen MR) is 87.1 cm³/mol. The molecule has 0 saturated heterocycles. The Labute approximate surface area is 130 Å². The van der Waals surface area contributed by atoms with Gasteiger partial charge < -0.3 is 0 Å². The summed E-state index contributed by atoms with van der Waals surface area (Å²) in [5.41, 5.74) is 1.50. The van der Waals surface area contributed by atoms with E-state index in [9.17, 15) is 17.6 Å². The molecule has 122 valence electrons. The average Bonchev–Trinajstić information content (AvgIpc) is 2.42. The summed E-state index contributed by atoms with van der Waals surface area (Å²) in [4.78, 5) is 0. The fourth-order valence-corrected chi connectivity index (χ4v) is 4.14. The summed E-state index contributed by atoms with van der Waals surface area (Å²) in [5, 5.41) is 0.934. The van der Waals surface area contributed by atoms with E-state index in [4.69, 9.17) is 0 Å². The topological polar surface area (TPSA) is 0 Å². The van der Waals surface area contributed by atoms with Crippen LogP contribution in [0.2, 0.25) is 19.6 Å². The van der Waals surface area contributed by atoms with E-state index in [2.05, 4.69) is 26.2 Å². The third-order valence-electron chi connectivity index (χ3n) is 3.49. The van der Waals surface area contributed by atoms with Gasteiger partial charge in [0, 0.05) is 6.42 Å². The Morgan fingerprint density at radius 2 is 1.73 bits per heavy atom. The molecule has 0 nitrogen and oxygen atoms in total. The van der Waals surface area contributed by atoms with Crippen LogP contribution in [0.25, 0.3) is 5.57 Å². The molecule has 0 aliphatic carbocycles. The van der Waals surface area contributed by atoms with Crippen molar-refractivity contribution in [3.8, 4) is 0 Å². The maximum atomic E-state index is 13.3. The van der Waals surface area contributed by atoms with Gasteiger partial charge in [-0.1, -0.05) is 67.8 Å². The molecule has 0 aliphatic heterocycles. The van der Waals surface area contributed by atoms with Crippen LogP contribution < -0.4 is 0 Å². The van der Waals surface area contributed by atoms with Crippen molar-refractivity contribution in [1.82, 2.24) is 0 Å². The van der Waals surface area contributed by atoms with Gasteiger partial charge in [-0.3, -0.25) is 0 Å². The first-order valence-electron chi connectivity index (χ1n) is 7.17. The van der Waals surface area contributed by atoms with E-state index in [1.54, 1.807) is 6.08 Å². The molecule has 0 fully saturated rings. The van der Waals surface area contributed by atoms with Gasteiger partial charge in [-0.2, -0.15) is 0 Å². The van der Waals surface area contributed by atoms with Gasteiger partial charge in [0.25, 0.3) is 0 Å². The molecular formula is C17H22F4Si. The lowest BCUT2D eigenvalue weighted by Crippen LogP contribution is -2.27. The first-order valence-corrected chi connectivity index (χ1v) is 10.7. The zero-order valence-corrected chi connectivity index (χ0v) is 14.2. The highest BCUT2D eigenvalue weighted by molar-refractivity contribution is 6.84. The molecule has 0 aliphatic rings. The van der Waals surface area contributed by atoms with Crippen LogP contribution in [0.3, 0.4) is 0 Å². The highest BCUT2D eigenvalue weighted by Crippen LogP contribution is 2.35. The van der Waals surface area contributed by atoms with Crippen LogP contribution >= 0.6 is 0 Å². The number of alkyl halides is 4. The number of allylic oxidation sites excluding steroid dienone is 3. The van der Waals surface area contributed by atoms with Crippen LogP contribution in [-0.2, 0) is 0 Å². The summed E-state index contributed by atoms with van der Waals surface area (Å²) in [6.45, 7) is 10.0. The van der Waals surface area contributed by atoms with E-state index in [-0.39, 0.29) is 6.42 Å². The molecule has 0 aromatic heterocycles. The molecule has 0 saturated carbocycles. The molecule has 22 heavy (non-hydrogen) atoms. The van der Waals surface area contributed by atoms with Gasteiger partial charge in [0.15, 0.2) is 0 Å². The lowest BCUT2D eigenvalue weighted by Gasteiger charge is -2.24. The zero-order valence-electron chi connectivity index (χ0n) is 13.2. The van der Waals surface area contributed by atoms with Crippen molar-refractivity contribution in [2.24, 2.45) is 0 Å². The summed E-state index contributed by atoms with van der Waals surface area (Å²) in [6, 6.07) is 9.09. The van der Waals surface area contributed by atoms with Crippen LogP contribution in [0, 0.1) is 0 Å². The minimum atomic E-state index is -3.97. The molecule has 5 heteroatoms. The van der Waals surface area contributed by atoms with Crippen LogP contribution in [0.1, 0.15) is 18.4 Å². The predicted octanol–water partition coefficient (Wildman–Crippen LogP) is 6.18. The maximum Gasteiger partial charge on any atom is 0.307 e. The highest BCUT2D eigenvalue weighted by Gasteiger charge is 2.40. The minimum Gasteiger partial charge on any atom is -0.204 e. The number of rotatable bonds is 7. The summed E-state index contributed by atoms with van der Waals surface area (Å²) in [5.74, 6) is -3.97. The molecule has 0 radical (unpaired) electrons. The van der Waals surface area contributed by atoms with E-state index in [1.807, 2.05) is 30.3 Å². The molecule has 0 spiro atoms. The first-order chi connectivity index (χ1) is 10.1. The van der Waals surface area contributed by atoms with Crippen molar-refractivity contribution in [1.29, 1.82) is 0 Å². The van der Waals surface area contributed by atoms with Crippen molar-refractivity contribution in [2.75, 3.05) is 0 Å². The fraction of sp³-hybridized carbons (Fsp3) is 0.412. The molecule has 0 atom stereocenters. The minimum absolute atomic E-state index is 0.0903. The first kappa shape index (κ1) is 18.7. The molecule has 0 N–H and O–H groups in total. The molecule has 0 unspecified atom stereocenters. The van der Waals surface area contributed by atoms with Crippen molar-refractivity contribution in [3.63, 3.8) is 0 Å². The monoisotopic (exact) mass is 330 g/mol. The quantitative estimate of drug-likeness (QED) is 0.318. The summed E-state index contributed by atoms with van der Waals surface area (Å²) < 4.78 is 51.4. The SMILES string of the molecule is C=C/C(=C(\CCC(F)(F)C(F)F)c1ccccc1)[Si](C)(C)C. The van der Waals surface area contributed by atoms with Crippen molar-refractivity contribution in [3.05, 3.63) is 53.7 Å². The number of hydrogen-bond donors (Lipinski definition) is 0. The highest BCUT2D eigenvalue weighted by atomic mass is 28.3. The van der Waals surface area contributed by atoms with Gasteiger partial charge in [-0.25, -0.2) is 17.6 Å². The zero-order chi connectivity index (χ0) is 17.0.